The molecule has 7 heteroatoms. The van der Waals surface area contributed by atoms with Crippen molar-refractivity contribution in [2.45, 2.75) is 128 Å². The van der Waals surface area contributed by atoms with E-state index in [1.54, 1.807) is 0 Å². The summed E-state index contributed by atoms with van der Waals surface area (Å²) in [5, 5.41) is 38.2. The van der Waals surface area contributed by atoms with Crippen LogP contribution in [-0.2, 0) is 14.3 Å². The molecule has 1 aliphatic heterocycles. The molecule has 0 saturated carbocycles. The van der Waals surface area contributed by atoms with Gasteiger partial charge in [0.1, 0.15) is 18.3 Å². The Bertz CT molecular complexity index is 418. The van der Waals surface area contributed by atoms with E-state index in [2.05, 4.69) is 6.92 Å². The van der Waals surface area contributed by atoms with E-state index in [4.69, 9.17) is 14.6 Å². The minimum Gasteiger partial charge on any atom is -0.479 e. The summed E-state index contributed by atoms with van der Waals surface area (Å²) in [5.74, 6) is -1.39. The largest absolute Gasteiger partial charge is 0.479 e. The lowest BCUT2D eigenvalue weighted by Crippen LogP contribution is -2.60. The molecule has 0 aliphatic carbocycles. The Labute approximate surface area is 175 Å². The Morgan fingerprint density at radius 3 is 1.62 bits per heavy atom. The van der Waals surface area contributed by atoms with Crippen LogP contribution in [0.15, 0.2) is 0 Å². The van der Waals surface area contributed by atoms with Crippen molar-refractivity contribution in [3.05, 3.63) is 0 Å². The molecule has 1 heterocycles. The molecule has 4 N–H and O–H groups in total. The van der Waals surface area contributed by atoms with Gasteiger partial charge in [0.2, 0.25) is 0 Å². The molecular weight excluding hydrogens is 376 g/mol. The maximum absolute atomic E-state index is 11.0. The molecule has 1 aliphatic rings. The smallest absolute Gasteiger partial charge is 0.335 e. The van der Waals surface area contributed by atoms with Gasteiger partial charge in [0.05, 0.1) is 0 Å². The van der Waals surface area contributed by atoms with Crippen molar-refractivity contribution in [1.82, 2.24) is 0 Å². The van der Waals surface area contributed by atoms with Gasteiger partial charge in [-0.25, -0.2) is 4.79 Å². The number of carboxylic acid groups (broad SMARTS) is 1. The van der Waals surface area contributed by atoms with E-state index in [0.717, 1.165) is 19.3 Å². The molecule has 0 spiro atoms. The third-order valence-corrected chi connectivity index (χ3v) is 5.59. The second-order valence-corrected chi connectivity index (χ2v) is 8.20. The van der Waals surface area contributed by atoms with Gasteiger partial charge >= 0.3 is 5.97 Å². The van der Waals surface area contributed by atoms with Crippen molar-refractivity contribution in [3.8, 4) is 0 Å². The molecule has 7 nitrogen and oxygen atoms in total. The summed E-state index contributed by atoms with van der Waals surface area (Å²) in [6.45, 7) is 2.56. The first-order valence-corrected chi connectivity index (χ1v) is 11.5. The van der Waals surface area contributed by atoms with E-state index in [0.29, 0.717) is 6.61 Å². The zero-order valence-corrected chi connectivity index (χ0v) is 18.0. The zero-order valence-electron chi connectivity index (χ0n) is 18.0. The molecular formula is C22H42O7. The highest BCUT2D eigenvalue weighted by Crippen LogP contribution is 2.22. The first kappa shape index (κ1) is 26.3. The Morgan fingerprint density at radius 1 is 0.724 bits per heavy atom. The number of rotatable bonds is 17. The van der Waals surface area contributed by atoms with Crippen LogP contribution >= 0.6 is 0 Å². The zero-order chi connectivity index (χ0) is 21.5. The average Bonchev–Trinajstić information content (AvgIpc) is 2.70. The summed E-state index contributed by atoms with van der Waals surface area (Å²) in [6, 6.07) is 0. The topological polar surface area (TPSA) is 116 Å². The molecule has 5 unspecified atom stereocenters. The fraction of sp³-hybridized carbons (Fsp3) is 0.955. The van der Waals surface area contributed by atoms with Crippen molar-refractivity contribution in [2.75, 3.05) is 6.61 Å². The van der Waals surface area contributed by atoms with Crippen LogP contribution in [-0.4, -0.2) is 63.7 Å². The number of unbranched alkanes of at least 4 members (excludes halogenated alkanes) is 13. The lowest BCUT2D eigenvalue weighted by molar-refractivity contribution is -0.294. The summed E-state index contributed by atoms with van der Waals surface area (Å²) < 4.78 is 10.5. The standard InChI is InChI=1S/C22H42O7/c1-2-3-4-5-6-7-8-9-10-11-12-13-14-15-16-28-22-19(25)17(23)18(24)20(29-22)21(26)27/h17-20,22-25H,2-16H2,1H3,(H,26,27). The Kier molecular flexibility index (Phi) is 14.5. The minimum absolute atomic E-state index is 0.314. The molecule has 1 saturated heterocycles. The van der Waals surface area contributed by atoms with E-state index in [1.807, 2.05) is 0 Å². The first-order chi connectivity index (χ1) is 14.0. The normalized spacial score (nSPS) is 27.2. The quantitative estimate of drug-likeness (QED) is 0.268. The molecule has 0 aromatic carbocycles. The van der Waals surface area contributed by atoms with E-state index in [1.165, 1.54) is 70.6 Å². The van der Waals surface area contributed by atoms with Crippen LogP contribution in [0, 0.1) is 0 Å². The third-order valence-electron chi connectivity index (χ3n) is 5.59. The van der Waals surface area contributed by atoms with Crippen molar-refractivity contribution in [1.29, 1.82) is 0 Å². The van der Waals surface area contributed by atoms with E-state index < -0.39 is 36.7 Å². The second kappa shape index (κ2) is 16.0. The summed E-state index contributed by atoms with van der Waals surface area (Å²) in [7, 11) is 0. The lowest BCUT2D eigenvalue weighted by atomic mass is 9.99. The number of aliphatic hydroxyl groups excluding tert-OH is 3. The van der Waals surface area contributed by atoms with Gasteiger partial charge in [0.15, 0.2) is 12.4 Å². The highest BCUT2D eigenvalue weighted by Gasteiger charge is 2.47. The predicted molar refractivity (Wildman–Crippen MR) is 111 cm³/mol. The molecule has 1 fully saturated rings. The number of carbonyl (C=O) groups is 1. The van der Waals surface area contributed by atoms with Crippen LogP contribution in [0.5, 0.6) is 0 Å². The van der Waals surface area contributed by atoms with Crippen LogP contribution in [0.4, 0.5) is 0 Å². The molecule has 5 atom stereocenters. The van der Waals surface area contributed by atoms with Gasteiger partial charge in [-0.3, -0.25) is 0 Å². The molecule has 0 amide bonds. The number of ether oxygens (including phenoxy) is 2. The molecule has 172 valence electrons. The number of hydrogen-bond acceptors (Lipinski definition) is 6. The van der Waals surface area contributed by atoms with Gasteiger partial charge in [-0.1, -0.05) is 90.4 Å². The van der Waals surface area contributed by atoms with Crippen LogP contribution in [0.2, 0.25) is 0 Å². The molecule has 0 bridgehead atoms. The van der Waals surface area contributed by atoms with E-state index in [-0.39, 0.29) is 0 Å². The van der Waals surface area contributed by atoms with Gasteiger partial charge in [0, 0.05) is 6.61 Å². The third kappa shape index (κ3) is 10.7. The van der Waals surface area contributed by atoms with Gasteiger partial charge in [-0.15, -0.1) is 0 Å². The number of aliphatic carboxylic acids is 1. The summed E-state index contributed by atoms with van der Waals surface area (Å²) >= 11 is 0. The number of carboxylic acids is 1. The van der Waals surface area contributed by atoms with Gasteiger partial charge in [-0.05, 0) is 6.42 Å². The Balaban J connectivity index is 1.96. The highest BCUT2D eigenvalue weighted by atomic mass is 16.7. The number of aliphatic hydroxyl groups is 3. The van der Waals surface area contributed by atoms with E-state index in [9.17, 15) is 20.1 Å². The van der Waals surface area contributed by atoms with Gasteiger partial charge in [-0.2, -0.15) is 0 Å². The van der Waals surface area contributed by atoms with Crippen molar-refractivity contribution < 1.29 is 34.7 Å². The van der Waals surface area contributed by atoms with Crippen molar-refractivity contribution in [3.63, 3.8) is 0 Å². The fourth-order valence-electron chi connectivity index (χ4n) is 3.69. The molecule has 29 heavy (non-hydrogen) atoms. The van der Waals surface area contributed by atoms with Gasteiger partial charge < -0.3 is 29.9 Å². The minimum atomic E-state index is -1.68. The summed E-state index contributed by atoms with van der Waals surface area (Å²) in [4.78, 5) is 11.0. The highest BCUT2D eigenvalue weighted by molar-refractivity contribution is 5.73. The second-order valence-electron chi connectivity index (χ2n) is 8.20. The van der Waals surface area contributed by atoms with Crippen LogP contribution in [0.3, 0.4) is 0 Å². The number of hydrogen-bond donors (Lipinski definition) is 4. The van der Waals surface area contributed by atoms with Crippen molar-refractivity contribution in [2.24, 2.45) is 0 Å². The maximum atomic E-state index is 11.0. The summed E-state index contributed by atoms with van der Waals surface area (Å²) in [5.41, 5.74) is 0. The van der Waals surface area contributed by atoms with Crippen molar-refractivity contribution >= 4 is 5.97 Å². The maximum Gasteiger partial charge on any atom is 0.335 e. The molecule has 0 radical (unpaired) electrons. The first-order valence-electron chi connectivity index (χ1n) is 11.5. The molecule has 0 aromatic heterocycles. The Hall–Kier alpha value is -0.730. The Morgan fingerprint density at radius 2 is 1.17 bits per heavy atom. The molecule has 0 aromatic rings. The lowest BCUT2D eigenvalue weighted by Gasteiger charge is -2.38. The SMILES string of the molecule is CCCCCCCCCCCCCCCCOC1OC(C(=O)O)C(O)C(O)C1O. The summed E-state index contributed by atoms with van der Waals surface area (Å²) in [6.07, 6.45) is 9.91. The van der Waals surface area contributed by atoms with Crippen LogP contribution < -0.4 is 0 Å². The fourth-order valence-corrected chi connectivity index (χ4v) is 3.69. The van der Waals surface area contributed by atoms with Crippen LogP contribution in [0.1, 0.15) is 96.8 Å². The monoisotopic (exact) mass is 418 g/mol. The van der Waals surface area contributed by atoms with Gasteiger partial charge in [0.25, 0.3) is 0 Å². The predicted octanol–water partition coefficient (Wildman–Crippen LogP) is 3.38. The molecule has 1 rings (SSSR count). The van der Waals surface area contributed by atoms with E-state index >= 15 is 0 Å². The van der Waals surface area contributed by atoms with Crippen LogP contribution in [0.25, 0.3) is 0 Å². The average molecular weight is 419 g/mol.